The summed E-state index contributed by atoms with van der Waals surface area (Å²) in [5.74, 6) is 0.795. The maximum absolute atomic E-state index is 12.1. The standard InChI is InChI=1S/C14H24N2O2.ClH/c1-14(4-5-18-9-14)16-13(17)8-10-6-11-2-3-12(7-10)15-11;/h10-12,15H,2-9H2,1H3,(H,16,17);1H. The topological polar surface area (TPSA) is 50.4 Å². The fourth-order valence-corrected chi connectivity index (χ4v) is 3.76. The molecule has 3 atom stereocenters. The minimum Gasteiger partial charge on any atom is -0.379 e. The monoisotopic (exact) mass is 288 g/mol. The van der Waals surface area contributed by atoms with Gasteiger partial charge in [-0.3, -0.25) is 4.79 Å². The zero-order valence-electron chi connectivity index (χ0n) is 11.6. The molecular formula is C14H25ClN2O2. The molecule has 3 heterocycles. The van der Waals surface area contributed by atoms with Crippen molar-refractivity contribution in [2.24, 2.45) is 5.92 Å². The summed E-state index contributed by atoms with van der Waals surface area (Å²) in [7, 11) is 0. The van der Waals surface area contributed by atoms with Gasteiger partial charge in [0.05, 0.1) is 12.1 Å². The van der Waals surface area contributed by atoms with Crippen LogP contribution in [-0.4, -0.2) is 36.7 Å². The molecule has 3 saturated heterocycles. The highest BCUT2D eigenvalue weighted by atomic mass is 35.5. The maximum Gasteiger partial charge on any atom is 0.220 e. The molecule has 19 heavy (non-hydrogen) atoms. The highest BCUT2D eigenvalue weighted by molar-refractivity contribution is 5.85. The van der Waals surface area contributed by atoms with Gasteiger partial charge in [-0.1, -0.05) is 0 Å². The van der Waals surface area contributed by atoms with E-state index in [2.05, 4.69) is 17.6 Å². The smallest absolute Gasteiger partial charge is 0.220 e. The van der Waals surface area contributed by atoms with Crippen LogP contribution >= 0.6 is 12.4 Å². The molecule has 2 bridgehead atoms. The highest BCUT2D eigenvalue weighted by Gasteiger charge is 2.36. The van der Waals surface area contributed by atoms with Gasteiger partial charge in [0.2, 0.25) is 5.91 Å². The maximum atomic E-state index is 12.1. The van der Waals surface area contributed by atoms with E-state index in [0.29, 0.717) is 31.0 Å². The van der Waals surface area contributed by atoms with Crippen molar-refractivity contribution in [3.63, 3.8) is 0 Å². The number of carbonyl (C=O) groups excluding carboxylic acids is 1. The van der Waals surface area contributed by atoms with E-state index in [9.17, 15) is 4.79 Å². The molecule has 110 valence electrons. The second-order valence-corrected chi connectivity index (χ2v) is 6.59. The summed E-state index contributed by atoms with van der Waals surface area (Å²) >= 11 is 0. The van der Waals surface area contributed by atoms with Gasteiger partial charge in [-0.25, -0.2) is 0 Å². The first kappa shape index (κ1) is 15.1. The number of nitrogens with one attached hydrogen (secondary N) is 2. The molecule has 0 aromatic heterocycles. The Morgan fingerprint density at radius 2 is 2.05 bits per heavy atom. The molecule has 3 aliphatic heterocycles. The summed E-state index contributed by atoms with van der Waals surface area (Å²) in [5.41, 5.74) is -0.122. The Morgan fingerprint density at radius 3 is 2.63 bits per heavy atom. The van der Waals surface area contributed by atoms with E-state index >= 15 is 0 Å². The highest BCUT2D eigenvalue weighted by Crippen LogP contribution is 2.32. The zero-order chi connectivity index (χ0) is 12.6. The number of piperidine rings is 1. The van der Waals surface area contributed by atoms with Crippen LogP contribution in [0.2, 0.25) is 0 Å². The Bertz CT molecular complexity index is 319. The van der Waals surface area contributed by atoms with Crippen molar-refractivity contribution in [2.45, 2.75) is 63.1 Å². The summed E-state index contributed by atoms with van der Waals surface area (Å²) < 4.78 is 5.37. The SMILES string of the molecule is CC1(NC(=O)CC2CC3CCC(C2)N3)CCOC1.Cl. The molecule has 0 aliphatic carbocycles. The van der Waals surface area contributed by atoms with Gasteiger partial charge in [0.1, 0.15) is 0 Å². The van der Waals surface area contributed by atoms with E-state index in [1.165, 1.54) is 25.7 Å². The van der Waals surface area contributed by atoms with Gasteiger partial charge in [0.25, 0.3) is 0 Å². The van der Waals surface area contributed by atoms with Crippen molar-refractivity contribution in [2.75, 3.05) is 13.2 Å². The lowest BCUT2D eigenvalue weighted by atomic mass is 9.89. The molecule has 1 amide bonds. The van der Waals surface area contributed by atoms with Crippen LogP contribution in [0.1, 0.15) is 45.4 Å². The average Bonchev–Trinajstić information content (AvgIpc) is 2.85. The molecule has 3 aliphatic rings. The number of carbonyl (C=O) groups is 1. The zero-order valence-corrected chi connectivity index (χ0v) is 12.4. The minimum atomic E-state index is -0.122. The van der Waals surface area contributed by atoms with E-state index in [1.807, 2.05) is 0 Å². The predicted molar refractivity (Wildman–Crippen MR) is 76.5 cm³/mol. The number of halogens is 1. The van der Waals surface area contributed by atoms with Gasteiger partial charge in [0, 0.05) is 25.1 Å². The minimum absolute atomic E-state index is 0. The van der Waals surface area contributed by atoms with Crippen LogP contribution < -0.4 is 10.6 Å². The molecule has 5 heteroatoms. The predicted octanol–water partition coefficient (Wildman–Crippen LogP) is 1.62. The molecule has 0 aromatic carbocycles. The number of hydrogen-bond donors (Lipinski definition) is 2. The Morgan fingerprint density at radius 1 is 1.37 bits per heavy atom. The van der Waals surface area contributed by atoms with Crippen LogP contribution in [0, 0.1) is 5.92 Å². The molecule has 0 radical (unpaired) electrons. The molecule has 4 nitrogen and oxygen atoms in total. The van der Waals surface area contributed by atoms with Crippen molar-refractivity contribution >= 4 is 18.3 Å². The van der Waals surface area contributed by atoms with Crippen molar-refractivity contribution < 1.29 is 9.53 Å². The van der Waals surface area contributed by atoms with E-state index in [1.54, 1.807) is 0 Å². The third-order valence-corrected chi connectivity index (χ3v) is 4.70. The van der Waals surface area contributed by atoms with Crippen LogP contribution in [0.4, 0.5) is 0 Å². The first-order valence-corrected chi connectivity index (χ1v) is 7.28. The first-order valence-electron chi connectivity index (χ1n) is 7.28. The van der Waals surface area contributed by atoms with E-state index < -0.39 is 0 Å². The van der Waals surface area contributed by atoms with Gasteiger partial charge < -0.3 is 15.4 Å². The van der Waals surface area contributed by atoms with Crippen LogP contribution in [0.25, 0.3) is 0 Å². The normalized spacial score (nSPS) is 40.8. The molecule has 0 aromatic rings. The Hall–Kier alpha value is -0.320. The third kappa shape index (κ3) is 3.61. The van der Waals surface area contributed by atoms with Crippen molar-refractivity contribution in [3.05, 3.63) is 0 Å². The number of fused-ring (bicyclic) bond motifs is 2. The van der Waals surface area contributed by atoms with Crippen LogP contribution in [-0.2, 0) is 9.53 Å². The van der Waals surface area contributed by atoms with Crippen molar-refractivity contribution in [1.82, 2.24) is 10.6 Å². The third-order valence-electron chi connectivity index (χ3n) is 4.70. The summed E-state index contributed by atoms with van der Waals surface area (Å²) in [4.78, 5) is 12.1. The fourth-order valence-electron chi connectivity index (χ4n) is 3.76. The summed E-state index contributed by atoms with van der Waals surface area (Å²) in [5, 5.41) is 6.79. The fraction of sp³-hybridized carbons (Fsp3) is 0.929. The lowest BCUT2D eigenvalue weighted by molar-refractivity contribution is -0.124. The van der Waals surface area contributed by atoms with Crippen LogP contribution in [0.3, 0.4) is 0 Å². The van der Waals surface area contributed by atoms with Gasteiger partial charge in [-0.05, 0) is 44.9 Å². The summed E-state index contributed by atoms with van der Waals surface area (Å²) in [6, 6.07) is 1.35. The van der Waals surface area contributed by atoms with Crippen LogP contribution in [0.5, 0.6) is 0 Å². The van der Waals surface area contributed by atoms with E-state index in [4.69, 9.17) is 4.74 Å². The van der Waals surface area contributed by atoms with E-state index in [0.717, 1.165) is 13.0 Å². The largest absolute Gasteiger partial charge is 0.379 e. The van der Waals surface area contributed by atoms with Crippen molar-refractivity contribution in [3.8, 4) is 0 Å². The summed E-state index contributed by atoms with van der Waals surface area (Å²) in [6.45, 7) is 3.52. The van der Waals surface area contributed by atoms with Crippen molar-refractivity contribution in [1.29, 1.82) is 0 Å². The number of rotatable bonds is 3. The van der Waals surface area contributed by atoms with Crippen LogP contribution in [0.15, 0.2) is 0 Å². The second-order valence-electron chi connectivity index (χ2n) is 6.59. The lowest BCUT2D eigenvalue weighted by Gasteiger charge is -2.30. The molecule has 0 saturated carbocycles. The molecule has 3 rings (SSSR count). The molecular weight excluding hydrogens is 264 g/mol. The Labute approximate surface area is 121 Å². The van der Waals surface area contributed by atoms with Gasteiger partial charge >= 0.3 is 0 Å². The summed E-state index contributed by atoms with van der Waals surface area (Å²) in [6.07, 6.45) is 6.59. The van der Waals surface area contributed by atoms with Gasteiger partial charge in [-0.2, -0.15) is 0 Å². The van der Waals surface area contributed by atoms with E-state index in [-0.39, 0.29) is 23.9 Å². The number of amides is 1. The average molecular weight is 289 g/mol. The van der Waals surface area contributed by atoms with Gasteiger partial charge in [0.15, 0.2) is 0 Å². The molecule has 0 spiro atoms. The molecule has 2 N–H and O–H groups in total. The molecule has 3 fully saturated rings. The Balaban J connectivity index is 0.00000133. The van der Waals surface area contributed by atoms with Gasteiger partial charge in [-0.15, -0.1) is 12.4 Å². The number of ether oxygens (including phenoxy) is 1. The Kier molecular flexibility index (Phi) is 4.75. The second kappa shape index (κ2) is 5.98. The molecule has 3 unspecified atom stereocenters. The number of hydrogen-bond acceptors (Lipinski definition) is 3. The first-order chi connectivity index (χ1) is 8.63. The lowest BCUT2D eigenvalue weighted by Crippen LogP contribution is -2.47. The quantitative estimate of drug-likeness (QED) is 0.830.